The maximum Gasteiger partial charge on any atom is 0.132 e. The summed E-state index contributed by atoms with van der Waals surface area (Å²) in [6.07, 6.45) is 0. The normalized spacial score (nSPS) is 10.3. The number of hydrogen-bond acceptors (Lipinski definition) is 1. The highest BCUT2D eigenvalue weighted by molar-refractivity contribution is 9.10. The second-order valence-electron chi connectivity index (χ2n) is 3.44. The summed E-state index contributed by atoms with van der Waals surface area (Å²) in [7, 11) is 0. The standard InChI is InChI=1S/C13H9BrCl2O/c14-10-2-1-9(8-15)13(7-10)17-12-5-3-11(16)4-6-12/h1-7H,8H2. The molecule has 0 radical (unpaired) electrons. The van der Waals surface area contributed by atoms with Gasteiger partial charge in [0.05, 0.1) is 5.88 Å². The fourth-order valence-corrected chi connectivity index (χ4v) is 2.05. The van der Waals surface area contributed by atoms with E-state index < -0.39 is 0 Å². The van der Waals surface area contributed by atoms with E-state index in [2.05, 4.69) is 15.9 Å². The van der Waals surface area contributed by atoms with Gasteiger partial charge in [-0.3, -0.25) is 0 Å². The number of ether oxygens (including phenoxy) is 1. The first kappa shape index (κ1) is 12.7. The van der Waals surface area contributed by atoms with Crippen molar-refractivity contribution in [2.45, 2.75) is 5.88 Å². The van der Waals surface area contributed by atoms with Gasteiger partial charge in [0.1, 0.15) is 11.5 Å². The van der Waals surface area contributed by atoms with Crippen LogP contribution in [0.15, 0.2) is 46.9 Å². The average Bonchev–Trinajstić information content (AvgIpc) is 2.32. The summed E-state index contributed by atoms with van der Waals surface area (Å²) in [6.45, 7) is 0. The maximum atomic E-state index is 5.86. The predicted octanol–water partition coefficient (Wildman–Crippen LogP) is 5.63. The molecule has 0 aliphatic heterocycles. The van der Waals surface area contributed by atoms with Crippen LogP contribution in [0.4, 0.5) is 0 Å². The first-order valence-electron chi connectivity index (χ1n) is 4.97. The highest BCUT2D eigenvalue weighted by atomic mass is 79.9. The molecule has 0 aromatic heterocycles. The van der Waals surface area contributed by atoms with E-state index in [-0.39, 0.29) is 0 Å². The van der Waals surface area contributed by atoms with Gasteiger partial charge in [0.2, 0.25) is 0 Å². The zero-order valence-corrected chi connectivity index (χ0v) is 11.9. The molecular weight excluding hydrogens is 323 g/mol. The first-order valence-corrected chi connectivity index (χ1v) is 6.67. The Bertz CT molecular complexity index is 511. The molecule has 2 aromatic rings. The fourth-order valence-electron chi connectivity index (χ4n) is 1.36. The van der Waals surface area contributed by atoms with Gasteiger partial charge in [-0.05, 0) is 36.4 Å². The number of hydrogen-bond donors (Lipinski definition) is 0. The largest absolute Gasteiger partial charge is 0.457 e. The summed E-state index contributed by atoms with van der Waals surface area (Å²) in [5.41, 5.74) is 0.949. The number of halogens is 3. The Morgan fingerprint density at radius 3 is 2.41 bits per heavy atom. The molecule has 1 nitrogen and oxygen atoms in total. The van der Waals surface area contributed by atoms with Crippen molar-refractivity contribution in [2.24, 2.45) is 0 Å². The molecule has 0 saturated heterocycles. The van der Waals surface area contributed by atoms with E-state index in [9.17, 15) is 0 Å². The quantitative estimate of drug-likeness (QED) is 0.662. The summed E-state index contributed by atoms with van der Waals surface area (Å²) < 4.78 is 6.72. The van der Waals surface area contributed by atoms with Crippen molar-refractivity contribution in [3.05, 3.63) is 57.5 Å². The van der Waals surface area contributed by atoms with Crippen molar-refractivity contribution in [3.8, 4) is 11.5 Å². The third-order valence-electron chi connectivity index (χ3n) is 2.21. The van der Waals surface area contributed by atoms with Crippen molar-refractivity contribution >= 4 is 39.1 Å². The molecule has 4 heteroatoms. The van der Waals surface area contributed by atoms with E-state index in [0.29, 0.717) is 10.9 Å². The third kappa shape index (κ3) is 3.38. The number of benzene rings is 2. The molecule has 0 amide bonds. The second kappa shape index (κ2) is 5.76. The second-order valence-corrected chi connectivity index (χ2v) is 5.06. The molecule has 0 saturated carbocycles. The molecular formula is C13H9BrCl2O. The zero-order chi connectivity index (χ0) is 12.3. The van der Waals surface area contributed by atoms with Crippen molar-refractivity contribution < 1.29 is 4.74 Å². The Morgan fingerprint density at radius 2 is 1.76 bits per heavy atom. The van der Waals surface area contributed by atoms with Crippen LogP contribution in [0.5, 0.6) is 11.5 Å². The van der Waals surface area contributed by atoms with Crippen LogP contribution in [0.2, 0.25) is 5.02 Å². The molecule has 88 valence electrons. The summed E-state index contributed by atoms with van der Waals surface area (Å²) in [6, 6.07) is 13.0. The molecule has 17 heavy (non-hydrogen) atoms. The van der Waals surface area contributed by atoms with Crippen LogP contribution < -0.4 is 4.74 Å². The van der Waals surface area contributed by atoms with E-state index >= 15 is 0 Å². The molecule has 0 spiro atoms. The Hall–Kier alpha value is -0.700. The molecule has 0 N–H and O–H groups in total. The van der Waals surface area contributed by atoms with Gasteiger partial charge in [0.25, 0.3) is 0 Å². The van der Waals surface area contributed by atoms with Gasteiger partial charge in [-0.25, -0.2) is 0 Å². The molecule has 0 fully saturated rings. The monoisotopic (exact) mass is 330 g/mol. The fraction of sp³-hybridized carbons (Fsp3) is 0.0769. The van der Waals surface area contributed by atoms with Gasteiger partial charge in [0.15, 0.2) is 0 Å². The lowest BCUT2D eigenvalue weighted by Crippen LogP contribution is -1.89. The van der Waals surface area contributed by atoms with Gasteiger partial charge < -0.3 is 4.74 Å². The van der Waals surface area contributed by atoms with Crippen LogP contribution in [0, 0.1) is 0 Å². The highest BCUT2D eigenvalue weighted by Crippen LogP contribution is 2.30. The SMILES string of the molecule is ClCc1ccc(Br)cc1Oc1ccc(Cl)cc1. The van der Waals surface area contributed by atoms with Crippen molar-refractivity contribution in [2.75, 3.05) is 0 Å². The van der Waals surface area contributed by atoms with Gasteiger partial charge in [-0.15, -0.1) is 11.6 Å². The molecule has 0 atom stereocenters. The van der Waals surface area contributed by atoms with Gasteiger partial charge in [-0.2, -0.15) is 0 Å². The Morgan fingerprint density at radius 1 is 1.06 bits per heavy atom. The van der Waals surface area contributed by atoms with Crippen LogP contribution in [0.3, 0.4) is 0 Å². The molecule has 2 rings (SSSR count). The van der Waals surface area contributed by atoms with Gasteiger partial charge in [-0.1, -0.05) is 33.6 Å². The maximum absolute atomic E-state index is 5.86. The van der Waals surface area contributed by atoms with Crippen LogP contribution in [0.25, 0.3) is 0 Å². The molecule has 0 unspecified atom stereocenters. The number of alkyl halides is 1. The van der Waals surface area contributed by atoms with E-state index in [0.717, 1.165) is 21.5 Å². The van der Waals surface area contributed by atoms with Crippen molar-refractivity contribution in [1.82, 2.24) is 0 Å². The summed E-state index contributed by atoms with van der Waals surface area (Å²) in [5.74, 6) is 1.89. The van der Waals surface area contributed by atoms with Crippen molar-refractivity contribution in [3.63, 3.8) is 0 Å². The summed E-state index contributed by atoms with van der Waals surface area (Å²) >= 11 is 15.1. The van der Waals surface area contributed by atoms with Crippen LogP contribution in [-0.2, 0) is 5.88 Å². The predicted molar refractivity (Wildman–Crippen MR) is 75.2 cm³/mol. The molecule has 0 bridgehead atoms. The lowest BCUT2D eigenvalue weighted by molar-refractivity contribution is 0.478. The minimum atomic E-state index is 0.413. The molecule has 0 aliphatic rings. The highest BCUT2D eigenvalue weighted by Gasteiger charge is 2.05. The van der Waals surface area contributed by atoms with E-state index in [4.69, 9.17) is 27.9 Å². The van der Waals surface area contributed by atoms with Gasteiger partial charge in [0, 0.05) is 15.1 Å². The molecule has 0 heterocycles. The van der Waals surface area contributed by atoms with Crippen LogP contribution in [0.1, 0.15) is 5.56 Å². The van der Waals surface area contributed by atoms with E-state index in [1.54, 1.807) is 12.1 Å². The summed E-state index contributed by atoms with van der Waals surface area (Å²) in [5, 5.41) is 0.684. The smallest absolute Gasteiger partial charge is 0.132 e. The Labute approximate surface area is 118 Å². The van der Waals surface area contributed by atoms with Crippen LogP contribution >= 0.6 is 39.1 Å². The number of rotatable bonds is 3. The Balaban J connectivity index is 2.28. The lowest BCUT2D eigenvalue weighted by Gasteiger charge is -2.10. The Kier molecular flexibility index (Phi) is 4.32. The topological polar surface area (TPSA) is 9.23 Å². The minimum absolute atomic E-state index is 0.413. The zero-order valence-electron chi connectivity index (χ0n) is 8.79. The van der Waals surface area contributed by atoms with E-state index in [1.807, 2.05) is 30.3 Å². The molecule has 2 aromatic carbocycles. The van der Waals surface area contributed by atoms with Gasteiger partial charge >= 0.3 is 0 Å². The summed E-state index contributed by atoms with van der Waals surface area (Å²) in [4.78, 5) is 0. The lowest BCUT2D eigenvalue weighted by atomic mass is 10.2. The van der Waals surface area contributed by atoms with E-state index in [1.165, 1.54) is 0 Å². The van der Waals surface area contributed by atoms with Crippen LogP contribution in [-0.4, -0.2) is 0 Å². The first-order chi connectivity index (χ1) is 8.19. The minimum Gasteiger partial charge on any atom is -0.457 e. The average molecular weight is 332 g/mol. The third-order valence-corrected chi connectivity index (χ3v) is 3.25. The molecule has 0 aliphatic carbocycles. The van der Waals surface area contributed by atoms with Crippen molar-refractivity contribution in [1.29, 1.82) is 0 Å².